The number of aromatic nitrogens is 1. The highest BCUT2D eigenvalue weighted by Gasteiger charge is 2.19. The molecule has 0 spiro atoms. The molecule has 4 heteroatoms. The first kappa shape index (κ1) is 21.6. The molecule has 1 N–H and O–H groups in total. The smallest absolute Gasteiger partial charge is 0.261 e. The van der Waals surface area contributed by atoms with Gasteiger partial charge in [-0.05, 0) is 49.8 Å². The number of rotatable bonds is 7. The minimum Gasteiger partial charge on any atom is -0.348 e. The van der Waals surface area contributed by atoms with Crippen molar-refractivity contribution in [3.05, 3.63) is 98.5 Å². The van der Waals surface area contributed by atoms with Gasteiger partial charge in [-0.25, -0.2) is 0 Å². The van der Waals surface area contributed by atoms with Gasteiger partial charge in [0.15, 0.2) is 5.43 Å². The van der Waals surface area contributed by atoms with Crippen molar-refractivity contribution >= 4 is 11.6 Å². The molecule has 3 aromatic rings. The van der Waals surface area contributed by atoms with Crippen molar-refractivity contribution in [2.24, 2.45) is 0 Å². The maximum absolute atomic E-state index is 13.2. The van der Waals surface area contributed by atoms with Gasteiger partial charge in [-0.15, -0.1) is 0 Å². The molecular formula is C26H30N2O2. The highest BCUT2D eigenvalue weighted by Crippen LogP contribution is 2.23. The predicted octanol–water partition coefficient (Wildman–Crippen LogP) is 5.08. The van der Waals surface area contributed by atoms with Crippen LogP contribution in [0.3, 0.4) is 0 Å². The van der Waals surface area contributed by atoms with E-state index in [0.29, 0.717) is 12.2 Å². The molecule has 1 heterocycles. The normalized spacial score (nSPS) is 10.8. The molecule has 156 valence electrons. The molecule has 2 aromatic carbocycles. The largest absolute Gasteiger partial charge is 0.348 e. The van der Waals surface area contributed by atoms with Gasteiger partial charge in [0.2, 0.25) is 0 Å². The Morgan fingerprint density at radius 1 is 0.933 bits per heavy atom. The summed E-state index contributed by atoms with van der Waals surface area (Å²) in [5, 5.41) is 3.05. The molecule has 0 atom stereocenters. The molecule has 0 aliphatic heterocycles. The summed E-state index contributed by atoms with van der Waals surface area (Å²) in [7, 11) is 0. The van der Waals surface area contributed by atoms with E-state index in [0.717, 1.165) is 41.8 Å². The average molecular weight is 403 g/mol. The fourth-order valence-electron chi connectivity index (χ4n) is 4.00. The minimum absolute atomic E-state index is 0.224. The van der Waals surface area contributed by atoms with E-state index in [9.17, 15) is 9.59 Å². The number of benzene rings is 2. The van der Waals surface area contributed by atoms with Crippen molar-refractivity contribution < 1.29 is 4.79 Å². The van der Waals surface area contributed by atoms with Crippen molar-refractivity contribution in [2.45, 2.75) is 53.5 Å². The Hall–Kier alpha value is -3.14. The van der Waals surface area contributed by atoms with Crippen LogP contribution < -0.4 is 10.7 Å². The van der Waals surface area contributed by atoms with Crippen LogP contribution in [0.1, 0.15) is 52.3 Å². The molecule has 0 fully saturated rings. The number of hydrogen-bond acceptors (Lipinski definition) is 2. The number of pyridine rings is 1. The standard InChI is InChI=1S/C26H30N2O2/c1-5-21-13-10-14-22(6-2)25(21)27-26(30)24-19(4)28(18(3)17-23(24)29)16-15-20-11-8-7-9-12-20/h7-14,17H,5-6,15-16H2,1-4H3,(H,27,30). The topological polar surface area (TPSA) is 51.1 Å². The summed E-state index contributed by atoms with van der Waals surface area (Å²) in [6.07, 6.45) is 2.47. The van der Waals surface area contributed by atoms with E-state index in [1.165, 1.54) is 5.56 Å². The molecule has 0 bridgehead atoms. The molecule has 0 saturated heterocycles. The lowest BCUT2D eigenvalue weighted by atomic mass is 10.0. The van der Waals surface area contributed by atoms with E-state index in [1.54, 1.807) is 6.07 Å². The van der Waals surface area contributed by atoms with Gasteiger partial charge in [-0.3, -0.25) is 9.59 Å². The molecule has 0 unspecified atom stereocenters. The van der Waals surface area contributed by atoms with E-state index in [4.69, 9.17) is 0 Å². The van der Waals surface area contributed by atoms with Crippen LogP contribution in [0.15, 0.2) is 59.4 Å². The number of anilines is 1. The Morgan fingerprint density at radius 3 is 2.17 bits per heavy atom. The maximum Gasteiger partial charge on any atom is 0.261 e. The minimum atomic E-state index is -0.332. The fourth-order valence-corrected chi connectivity index (χ4v) is 4.00. The lowest BCUT2D eigenvalue weighted by Crippen LogP contribution is -2.28. The van der Waals surface area contributed by atoms with Gasteiger partial charge >= 0.3 is 0 Å². The third-order valence-corrected chi connectivity index (χ3v) is 5.71. The van der Waals surface area contributed by atoms with Gasteiger partial charge in [0.25, 0.3) is 5.91 Å². The van der Waals surface area contributed by atoms with Gasteiger partial charge < -0.3 is 9.88 Å². The van der Waals surface area contributed by atoms with Gasteiger partial charge in [0, 0.05) is 29.7 Å². The first-order chi connectivity index (χ1) is 14.5. The Labute approximate surface area is 178 Å². The molecule has 0 saturated carbocycles. The zero-order chi connectivity index (χ0) is 21.7. The number of aryl methyl sites for hydroxylation is 4. The molecule has 0 aliphatic rings. The predicted molar refractivity (Wildman–Crippen MR) is 123 cm³/mol. The average Bonchev–Trinajstić information content (AvgIpc) is 2.74. The summed E-state index contributed by atoms with van der Waals surface area (Å²) in [6.45, 7) is 8.63. The van der Waals surface area contributed by atoms with Crippen LogP contribution in [0, 0.1) is 13.8 Å². The van der Waals surface area contributed by atoms with Crippen molar-refractivity contribution in [3.63, 3.8) is 0 Å². The zero-order valence-corrected chi connectivity index (χ0v) is 18.3. The van der Waals surface area contributed by atoms with Gasteiger partial charge in [-0.2, -0.15) is 0 Å². The third kappa shape index (κ3) is 4.54. The highest BCUT2D eigenvalue weighted by atomic mass is 16.2. The SMILES string of the molecule is CCc1cccc(CC)c1NC(=O)c1c(C)n(CCc2ccccc2)c(C)cc1=O. The van der Waals surface area contributed by atoms with Crippen LogP contribution in [0.2, 0.25) is 0 Å². The molecular weight excluding hydrogens is 372 g/mol. The molecule has 0 aliphatic carbocycles. The molecule has 0 radical (unpaired) electrons. The van der Waals surface area contributed by atoms with Crippen molar-refractivity contribution in [1.29, 1.82) is 0 Å². The maximum atomic E-state index is 13.2. The first-order valence-corrected chi connectivity index (χ1v) is 10.6. The summed E-state index contributed by atoms with van der Waals surface area (Å²) < 4.78 is 2.07. The van der Waals surface area contributed by atoms with Crippen LogP contribution in [0.5, 0.6) is 0 Å². The van der Waals surface area contributed by atoms with Gasteiger partial charge in [0.05, 0.1) is 0 Å². The second-order valence-corrected chi connectivity index (χ2v) is 7.61. The lowest BCUT2D eigenvalue weighted by Gasteiger charge is -2.19. The fraction of sp³-hybridized carbons (Fsp3) is 0.308. The van der Waals surface area contributed by atoms with Crippen molar-refractivity contribution in [1.82, 2.24) is 4.57 Å². The summed E-state index contributed by atoms with van der Waals surface area (Å²) >= 11 is 0. The number of carbonyl (C=O) groups is 1. The Morgan fingerprint density at radius 2 is 1.57 bits per heavy atom. The van der Waals surface area contributed by atoms with Crippen LogP contribution >= 0.6 is 0 Å². The molecule has 1 amide bonds. The highest BCUT2D eigenvalue weighted by molar-refractivity contribution is 6.05. The van der Waals surface area contributed by atoms with E-state index in [-0.39, 0.29) is 16.9 Å². The summed E-state index contributed by atoms with van der Waals surface area (Å²) in [5.41, 5.74) is 5.79. The number of nitrogens with one attached hydrogen (secondary N) is 1. The number of nitrogens with zero attached hydrogens (tertiary/aromatic N) is 1. The number of carbonyl (C=O) groups excluding carboxylic acids is 1. The summed E-state index contributed by atoms with van der Waals surface area (Å²) in [5.74, 6) is -0.332. The first-order valence-electron chi connectivity index (χ1n) is 10.6. The zero-order valence-electron chi connectivity index (χ0n) is 18.3. The third-order valence-electron chi connectivity index (χ3n) is 5.71. The Kier molecular flexibility index (Phi) is 6.88. The van der Waals surface area contributed by atoms with E-state index in [2.05, 4.69) is 35.9 Å². The van der Waals surface area contributed by atoms with E-state index in [1.807, 2.05) is 50.2 Å². The second kappa shape index (κ2) is 9.57. The monoisotopic (exact) mass is 402 g/mol. The van der Waals surface area contributed by atoms with E-state index < -0.39 is 0 Å². The van der Waals surface area contributed by atoms with Gasteiger partial charge in [0.1, 0.15) is 5.56 Å². The number of hydrogen-bond donors (Lipinski definition) is 1. The van der Waals surface area contributed by atoms with Crippen LogP contribution in [-0.4, -0.2) is 10.5 Å². The van der Waals surface area contributed by atoms with Crippen LogP contribution in [0.4, 0.5) is 5.69 Å². The summed E-state index contributed by atoms with van der Waals surface area (Å²) in [6, 6.07) is 17.9. The summed E-state index contributed by atoms with van der Waals surface area (Å²) in [4.78, 5) is 26.0. The lowest BCUT2D eigenvalue weighted by molar-refractivity contribution is 0.102. The molecule has 1 aromatic heterocycles. The number of para-hydroxylation sites is 1. The van der Waals surface area contributed by atoms with Crippen LogP contribution in [0.25, 0.3) is 0 Å². The Balaban J connectivity index is 1.94. The molecule has 30 heavy (non-hydrogen) atoms. The van der Waals surface area contributed by atoms with Crippen molar-refractivity contribution in [2.75, 3.05) is 5.32 Å². The van der Waals surface area contributed by atoms with E-state index >= 15 is 0 Å². The number of amides is 1. The van der Waals surface area contributed by atoms with Crippen LogP contribution in [-0.2, 0) is 25.8 Å². The quantitative estimate of drug-likeness (QED) is 0.599. The Bertz CT molecular complexity index is 1080. The molecule has 3 rings (SSSR count). The van der Waals surface area contributed by atoms with Gasteiger partial charge in [-0.1, -0.05) is 62.4 Å². The van der Waals surface area contributed by atoms with Crippen molar-refractivity contribution in [3.8, 4) is 0 Å². The second-order valence-electron chi connectivity index (χ2n) is 7.61. The molecule has 4 nitrogen and oxygen atoms in total.